The van der Waals surface area contributed by atoms with Gasteiger partial charge in [-0.25, -0.2) is 0 Å². The van der Waals surface area contributed by atoms with Gasteiger partial charge in [-0.15, -0.1) is 10.2 Å². The zero-order chi connectivity index (χ0) is 13.8. The van der Waals surface area contributed by atoms with Gasteiger partial charge in [0.2, 0.25) is 0 Å². The van der Waals surface area contributed by atoms with Crippen molar-refractivity contribution in [2.24, 2.45) is 0 Å². The Labute approximate surface area is 113 Å². The van der Waals surface area contributed by atoms with Crippen LogP contribution in [0, 0.1) is 10.1 Å². The molecule has 0 aliphatic carbocycles. The summed E-state index contributed by atoms with van der Waals surface area (Å²) >= 11 is 1.42. The number of non-ortho nitro benzene ring substituents is 1. The van der Waals surface area contributed by atoms with Gasteiger partial charge < -0.3 is 10.1 Å². The fourth-order valence-electron chi connectivity index (χ4n) is 1.56. The minimum Gasteiger partial charge on any atom is -0.496 e. The number of hydrogen-bond acceptors (Lipinski definition) is 7. The van der Waals surface area contributed by atoms with E-state index in [4.69, 9.17) is 4.74 Å². The molecule has 0 atom stereocenters. The number of nitro groups is 1. The molecule has 1 aromatic carbocycles. The number of rotatable bonds is 5. The van der Waals surface area contributed by atoms with Gasteiger partial charge in [0.1, 0.15) is 10.8 Å². The van der Waals surface area contributed by atoms with E-state index in [1.54, 1.807) is 6.07 Å². The summed E-state index contributed by atoms with van der Waals surface area (Å²) < 4.78 is 5.18. The topological polar surface area (TPSA) is 90.2 Å². The summed E-state index contributed by atoms with van der Waals surface area (Å²) in [6, 6.07) is 4.44. The summed E-state index contributed by atoms with van der Waals surface area (Å²) in [5.41, 5.74) is 0.688. The van der Waals surface area contributed by atoms with Crippen molar-refractivity contribution < 1.29 is 9.66 Å². The largest absolute Gasteiger partial charge is 0.496 e. The smallest absolute Gasteiger partial charge is 0.273 e. The molecular weight excluding hydrogens is 268 g/mol. The molecule has 1 heterocycles. The molecular formula is C11H12N4O3S. The van der Waals surface area contributed by atoms with Crippen LogP contribution in [0.2, 0.25) is 0 Å². The highest BCUT2D eigenvalue weighted by Gasteiger charge is 2.15. The highest BCUT2D eigenvalue weighted by Crippen LogP contribution is 2.34. The van der Waals surface area contributed by atoms with Crippen LogP contribution in [0.25, 0.3) is 10.6 Å². The van der Waals surface area contributed by atoms with E-state index in [1.807, 2.05) is 7.05 Å². The van der Waals surface area contributed by atoms with Crippen molar-refractivity contribution in [1.82, 2.24) is 15.5 Å². The molecule has 0 bridgehead atoms. The Hall–Kier alpha value is -2.06. The highest BCUT2D eigenvalue weighted by atomic mass is 32.1. The first-order chi connectivity index (χ1) is 9.15. The van der Waals surface area contributed by atoms with Gasteiger partial charge in [-0.1, -0.05) is 11.3 Å². The Kier molecular flexibility index (Phi) is 4.03. The van der Waals surface area contributed by atoms with Crippen molar-refractivity contribution in [2.75, 3.05) is 14.2 Å². The van der Waals surface area contributed by atoms with Crippen LogP contribution in [0.4, 0.5) is 5.69 Å². The van der Waals surface area contributed by atoms with Crippen molar-refractivity contribution in [3.05, 3.63) is 33.3 Å². The van der Waals surface area contributed by atoms with Gasteiger partial charge in [-0.05, 0) is 13.1 Å². The molecule has 2 rings (SSSR count). The Balaban J connectivity index is 2.40. The third kappa shape index (κ3) is 2.85. The van der Waals surface area contributed by atoms with E-state index in [0.29, 0.717) is 22.9 Å². The first-order valence-corrected chi connectivity index (χ1v) is 6.27. The normalized spacial score (nSPS) is 10.4. The minimum absolute atomic E-state index is 0.0134. The van der Waals surface area contributed by atoms with Gasteiger partial charge in [0.05, 0.1) is 23.7 Å². The van der Waals surface area contributed by atoms with Crippen LogP contribution in [0.3, 0.4) is 0 Å². The lowest BCUT2D eigenvalue weighted by atomic mass is 10.2. The SMILES string of the molecule is CNCc1nnc(-c2ccc([N+](=O)[O-])cc2OC)s1. The molecule has 100 valence electrons. The zero-order valence-corrected chi connectivity index (χ0v) is 11.2. The maximum absolute atomic E-state index is 10.7. The predicted molar refractivity (Wildman–Crippen MR) is 71.3 cm³/mol. The molecule has 8 heteroatoms. The lowest BCUT2D eigenvalue weighted by Crippen LogP contribution is -2.04. The lowest BCUT2D eigenvalue weighted by Gasteiger charge is -2.04. The van der Waals surface area contributed by atoms with Crippen molar-refractivity contribution in [2.45, 2.75) is 6.54 Å². The molecule has 7 nitrogen and oxygen atoms in total. The summed E-state index contributed by atoms with van der Waals surface area (Å²) in [4.78, 5) is 10.3. The van der Waals surface area contributed by atoms with Crippen LogP contribution < -0.4 is 10.1 Å². The van der Waals surface area contributed by atoms with Crippen LogP contribution in [0.15, 0.2) is 18.2 Å². The third-order valence-electron chi connectivity index (χ3n) is 2.42. The molecule has 0 amide bonds. The molecule has 0 spiro atoms. The summed E-state index contributed by atoms with van der Waals surface area (Å²) in [7, 11) is 3.30. The highest BCUT2D eigenvalue weighted by molar-refractivity contribution is 7.14. The Morgan fingerprint density at radius 1 is 1.47 bits per heavy atom. The fraction of sp³-hybridized carbons (Fsp3) is 0.273. The van der Waals surface area contributed by atoms with E-state index in [2.05, 4.69) is 15.5 Å². The molecule has 1 N–H and O–H groups in total. The quantitative estimate of drug-likeness (QED) is 0.664. The first kappa shape index (κ1) is 13.4. The van der Waals surface area contributed by atoms with Gasteiger partial charge in [-0.3, -0.25) is 10.1 Å². The van der Waals surface area contributed by atoms with Crippen LogP contribution in [-0.2, 0) is 6.54 Å². The summed E-state index contributed by atoms with van der Waals surface area (Å²) in [6.07, 6.45) is 0. The van der Waals surface area contributed by atoms with Gasteiger partial charge >= 0.3 is 0 Å². The van der Waals surface area contributed by atoms with Crippen LogP contribution in [-0.4, -0.2) is 29.3 Å². The van der Waals surface area contributed by atoms with Gasteiger partial charge in [0.15, 0.2) is 5.01 Å². The van der Waals surface area contributed by atoms with Gasteiger partial charge in [0, 0.05) is 12.6 Å². The van der Waals surface area contributed by atoms with E-state index in [9.17, 15) is 10.1 Å². The molecule has 19 heavy (non-hydrogen) atoms. The summed E-state index contributed by atoms with van der Waals surface area (Å²) in [6.45, 7) is 0.632. The van der Waals surface area contributed by atoms with E-state index in [-0.39, 0.29) is 5.69 Å². The fourth-order valence-corrected chi connectivity index (χ4v) is 2.44. The second-order valence-electron chi connectivity index (χ2n) is 3.67. The van der Waals surface area contributed by atoms with Gasteiger partial charge in [-0.2, -0.15) is 0 Å². The molecule has 0 saturated heterocycles. The van der Waals surface area contributed by atoms with E-state index in [0.717, 1.165) is 5.01 Å². The minimum atomic E-state index is -0.459. The Bertz CT molecular complexity index is 599. The number of nitrogens with one attached hydrogen (secondary N) is 1. The van der Waals surface area contributed by atoms with Crippen LogP contribution >= 0.6 is 11.3 Å². The number of aromatic nitrogens is 2. The molecule has 2 aromatic rings. The van der Waals surface area contributed by atoms with E-state index >= 15 is 0 Å². The number of ether oxygens (including phenoxy) is 1. The molecule has 0 saturated carbocycles. The van der Waals surface area contributed by atoms with Crippen molar-refractivity contribution in [3.63, 3.8) is 0 Å². The zero-order valence-electron chi connectivity index (χ0n) is 10.4. The van der Waals surface area contributed by atoms with Crippen molar-refractivity contribution in [3.8, 4) is 16.3 Å². The average molecular weight is 280 g/mol. The third-order valence-corrected chi connectivity index (χ3v) is 3.38. The summed E-state index contributed by atoms with van der Waals surface area (Å²) in [5.74, 6) is 0.418. The molecule has 0 radical (unpaired) electrons. The predicted octanol–water partition coefficient (Wildman–Crippen LogP) is 1.84. The number of nitrogens with zero attached hydrogens (tertiary/aromatic N) is 3. The number of hydrogen-bond donors (Lipinski definition) is 1. The number of nitro benzene ring substituents is 1. The molecule has 0 aliphatic heterocycles. The maximum Gasteiger partial charge on any atom is 0.273 e. The lowest BCUT2D eigenvalue weighted by molar-refractivity contribution is -0.384. The molecule has 1 aromatic heterocycles. The number of methoxy groups -OCH3 is 1. The van der Waals surface area contributed by atoms with Crippen LogP contribution in [0.1, 0.15) is 5.01 Å². The van der Waals surface area contributed by atoms with Crippen molar-refractivity contribution >= 4 is 17.0 Å². The van der Waals surface area contributed by atoms with Crippen LogP contribution in [0.5, 0.6) is 5.75 Å². The van der Waals surface area contributed by atoms with Crippen molar-refractivity contribution in [1.29, 1.82) is 0 Å². The maximum atomic E-state index is 10.7. The standard InChI is InChI=1S/C11H12N4O3S/c1-12-6-10-13-14-11(19-10)8-4-3-7(15(16)17)5-9(8)18-2/h3-5,12H,6H2,1-2H3. The molecule has 0 fully saturated rings. The molecule has 0 aliphatic rings. The summed E-state index contributed by atoms with van der Waals surface area (Å²) in [5, 5.41) is 23.3. The number of benzene rings is 1. The first-order valence-electron chi connectivity index (χ1n) is 5.45. The molecule has 0 unspecified atom stereocenters. The Morgan fingerprint density at radius 2 is 2.26 bits per heavy atom. The van der Waals surface area contributed by atoms with E-state index < -0.39 is 4.92 Å². The van der Waals surface area contributed by atoms with E-state index in [1.165, 1.54) is 30.6 Å². The average Bonchev–Trinajstić information content (AvgIpc) is 2.86. The van der Waals surface area contributed by atoms with Gasteiger partial charge in [0.25, 0.3) is 5.69 Å². The Morgan fingerprint density at radius 3 is 2.89 bits per heavy atom. The second-order valence-corrected chi connectivity index (χ2v) is 4.74. The second kappa shape index (κ2) is 5.72. The monoisotopic (exact) mass is 280 g/mol.